The molecular weight excluding hydrogens is 867 g/mol. The molecule has 4 heteroatoms. The fourth-order valence-corrected chi connectivity index (χ4v) is 10.1. The van der Waals surface area contributed by atoms with Gasteiger partial charge in [0.05, 0.1) is 18.8 Å². The molecule has 0 saturated carbocycles. The van der Waals surface area contributed by atoms with E-state index in [1.165, 1.54) is 295 Å². The summed E-state index contributed by atoms with van der Waals surface area (Å²) in [6.07, 6.45) is 87.5. The van der Waals surface area contributed by atoms with Crippen LogP contribution >= 0.6 is 0 Å². The van der Waals surface area contributed by atoms with E-state index in [9.17, 15) is 15.0 Å². The molecule has 0 aromatic heterocycles. The van der Waals surface area contributed by atoms with Gasteiger partial charge in [-0.05, 0) is 70.6 Å². The predicted octanol–water partition coefficient (Wildman–Crippen LogP) is 21.8. The highest BCUT2D eigenvalue weighted by molar-refractivity contribution is 5.76. The van der Waals surface area contributed by atoms with Gasteiger partial charge in [0.2, 0.25) is 5.91 Å². The summed E-state index contributed by atoms with van der Waals surface area (Å²) in [5, 5.41) is 23.2. The highest BCUT2D eigenvalue weighted by Gasteiger charge is 2.18. The summed E-state index contributed by atoms with van der Waals surface area (Å²) in [6.45, 7) is 4.33. The first-order chi connectivity index (χ1) is 35.2. The van der Waals surface area contributed by atoms with Crippen molar-refractivity contribution in [2.75, 3.05) is 6.61 Å². The van der Waals surface area contributed by atoms with E-state index in [2.05, 4.69) is 55.6 Å². The monoisotopic (exact) mass is 994 g/mol. The van der Waals surface area contributed by atoms with Crippen LogP contribution in [-0.2, 0) is 4.79 Å². The van der Waals surface area contributed by atoms with Gasteiger partial charge >= 0.3 is 0 Å². The fourth-order valence-electron chi connectivity index (χ4n) is 10.1. The third-order valence-electron chi connectivity index (χ3n) is 15.0. The number of hydrogen-bond donors (Lipinski definition) is 3. The highest BCUT2D eigenvalue weighted by Crippen LogP contribution is 2.18. The summed E-state index contributed by atoms with van der Waals surface area (Å²) in [5.74, 6) is -0.0729. The third-order valence-corrected chi connectivity index (χ3v) is 15.0. The molecule has 2 atom stereocenters. The number of aliphatic hydroxyl groups excluding tert-OH is 2. The Bertz CT molecular complexity index is 1130. The van der Waals surface area contributed by atoms with Crippen LogP contribution in [0.3, 0.4) is 0 Å². The maximum Gasteiger partial charge on any atom is 0.220 e. The van der Waals surface area contributed by atoms with E-state index in [-0.39, 0.29) is 12.5 Å². The van der Waals surface area contributed by atoms with Crippen LogP contribution in [0.1, 0.15) is 354 Å². The van der Waals surface area contributed by atoms with Gasteiger partial charge in [-0.2, -0.15) is 0 Å². The van der Waals surface area contributed by atoms with Crippen molar-refractivity contribution in [2.24, 2.45) is 0 Å². The lowest BCUT2D eigenvalue weighted by atomic mass is 10.0. The number of hydrogen-bond acceptors (Lipinski definition) is 3. The maximum absolute atomic E-state index is 12.5. The molecule has 2 unspecified atom stereocenters. The number of aliphatic hydroxyl groups is 2. The molecule has 0 aliphatic carbocycles. The molecule has 0 aromatic carbocycles. The predicted molar refractivity (Wildman–Crippen MR) is 318 cm³/mol. The van der Waals surface area contributed by atoms with Crippen LogP contribution in [-0.4, -0.2) is 34.9 Å². The number of rotatable bonds is 60. The molecular formula is C67H127NO3. The van der Waals surface area contributed by atoms with Gasteiger partial charge in [0.15, 0.2) is 0 Å². The topological polar surface area (TPSA) is 69.6 Å². The first kappa shape index (κ1) is 69.3. The van der Waals surface area contributed by atoms with Crippen LogP contribution in [0.4, 0.5) is 0 Å². The van der Waals surface area contributed by atoms with E-state index >= 15 is 0 Å². The fraction of sp³-hybridized carbons (Fsp3) is 0.866. The van der Waals surface area contributed by atoms with E-state index < -0.39 is 12.1 Å². The summed E-state index contributed by atoms with van der Waals surface area (Å²) in [5.41, 5.74) is 0. The van der Waals surface area contributed by atoms with Crippen molar-refractivity contribution < 1.29 is 15.0 Å². The maximum atomic E-state index is 12.5. The lowest BCUT2D eigenvalue weighted by Gasteiger charge is -2.19. The lowest BCUT2D eigenvalue weighted by molar-refractivity contribution is -0.123. The zero-order valence-corrected chi connectivity index (χ0v) is 48.3. The van der Waals surface area contributed by atoms with Crippen LogP contribution in [0.15, 0.2) is 48.6 Å². The van der Waals surface area contributed by atoms with Gasteiger partial charge in [-0.1, -0.05) is 326 Å². The van der Waals surface area contributed by atoms with Gasteiger partial charge in [-0.15, -0.1) is 0 Å². The summed E-state index contributed by atoms with van der Waals surface area (Å²) in [4.78, 5) is 12.5. The van der Waals surface area contributed by atoms with Crippen molar-refractivity contribution in [3.05, 3.63) is 48.6 Å². The zero-order chi connectivity index (χ0) is 51.3. The second-order valence-corrected chi connectivity index (χ2v) is 22.2. The van der Waals surface area contributed by atoms with Crippen LogP contribution in [0.2, 0.25) is 0 Å². The van der Waals surface area contributed by atoms with E-state index in [0.29, 0.717) is 6.42 Å². The van der Waals surface area contributed by atoms with E-state index in [1.54, 1.807) is 6.08 Å². The smallest absolute Gasteiger partial charge is 0.220 e. The van der Waals surface area contributed by atoms with Crippen molar-refractivity contribution in [1.82, 2.24) is 5.32 Å². The Hall–Kier alpha value is -1.65. The first-order valence-electron chi connectivity index (χ1n) is 32.4. The van der Waals surface area contributed by atoms with E-state index in [0.717, 1.165) is 38.5 Å². The van der Waals surface area contributed by atoms with Crippen LogP contribution < -0.4 is 5.32 Å². The molecule has 0 heterocycles. The Morgan fingerprint density at radius 3 is 0.817 bits per heavy atom. The molecule has 0 radical (unpaired) electrons. The molecule has 4 nitrogen and oxygen atoms in total. The molecule has 418 valence electrons. The summed E-state index contributed by atoms with van der Waals surface area (Å²) in [7, 11) is 0. The Balaban J connectivity index is 3.50. The molecule has 0 spiro atoms. The lowest BCUT2D eigenvalue weighted by Crippen LogP contribution is -2.45. The molecule has 0 saturated heterocycles. The molecule has 0 aliphatic rings. The summed E-state index contributed by atoms with van der Waals surface area (Å²) >= 11 is 0. The number of unbranched alkanes of at least 4 members (excludes halogenated alkanes) is 47. The molecule has 0 aromatic rings. The number of nitrogens with one attached hydrogen (secondary N) is 1. The average Bonchev–Trinajstić information content (AvgIpc) is 3.37. The minimum Gasteiger partial charge on any atom is -0.394 e. The van der Waals surface area contributed by atoms with Crippen LogP contribution in [0, 0.1) is 0 Å². The van der Waals surface area contributed by atoms with Crippen molar-refractivity contribution >= 4 is 5.91 Å². The van der Waals surface area contributed by atoms with Gasteiger partial charge in [0, 0.05) is 6.42 Å². The SMILES string of the molecule is CCCCCCCCCC/C=C\CCCCCCCCCCCCCCCCCC(=O)NC(CO)C(O)/C=C/CC/C=C/CC/C=C/CCCCCCCCCCCCCCCCCCCCCCCC. The van der Waals surface area contributed by atoms with Gasteiger partial charge in [0.25, 0.3) is 0 Å². The van der Waals surface area contributed by atoms with Crippen LogP contribution in [0.25, 0.3) is 0 Å². The molecule has 0 rings (SSSR count). The minimum absolute atomic E-state index is 0.0729. The number of amides is 1. The van der Waals surface area contributed by atoms with Gasteiger partial charge in [-0.3, -0.25) is 4.79 Å². The molecule has 71 heavy (non-hydrogen) atoms. The largest absolute Gasteiger partial charge is 0.394 e. The first-order valence-corrected chi connectivity index (χ1v) is 32.4. The zero-order valence-electron chi connectivity index (χ0n) is 48.3. The average molecular weight is 995 g/mol. The van der Waals surface area contributed by atoms with Crippen LogP contribution in [0.5, 0.6) is 0 Å². The van der Waals surface area contributed by atoms with Gasteiger partial charge < -0.3 is 15.5 Å². The summed E-state index contributed by atoms with van der Waals surface area (Å²) in [6, 6.07) is -0.647. The van der Waals surface area contributed by atoms with E-state index in [4.69, 9.17) is 0 Å². The number of carbonyl (C=O) groups is 1. The van der Waals surface area contributed by atoms with Crippen molar-refractivity contribution in [3.8, 4) is 0 Å². The molecule has 0 bridgehead atoms. The number of carbonyl (C=O) groups excluding carboxylic acids is 1. The molecule has 0 fully saturated rings. The minimum atomic E-state index is -0.872. The van der Waals surface area contributed by atoms with Gasteiger partial charge in [0.1, 0.15) is 0 Å². The molecule has 1 amide bonds. The van der Waals surface area contributed by atoms with E-state index in [1.807, 2.05) is 6.08 Å². The van der Waals surface area contributed by atoms with Crippen molar-refractivity contribution in [2.45, 2.75) is 366 Å². The quantitative estimate of drug-likeness (QED) is 0.0420. The molecule has 0 aliphatic heterocycles. The highest BCUT2D eigenvalue weighted by atomic mass is 16.3. The Morgan fingerprint density at radius 2 is 0.549 bits per heavy atom. The summed E-state index contributed by atoms with van der Waals surface area (Å²) < 4.78 is 0. The standard InChI is InChI=1S/C67H127NO3/c1-3-5-7-9-11-13-15-17-19-21-23-25-27-29-31-32-33-34-35-37-38-40-42-44-46-48-50-52-54-56-58-60-62-66(70)65(64-69)68-67(71)63-61-59-57-55-53-51-49-47-45-43-41-39-36-30-28-26-24-22-20-18-16-14-12-10-8-6-4-2/h22,24,44,46,52,54,60,62,65-66,69-70H,3-21,23,25-43,45,47-51,53,55-59,61,63-64H2,1-2H3,(H,68,71)/b24-22-,46-44+,54-52+,62-60+. The van der Waals surface area contributed by atoms with Crippen molar-refractivity contribution in [3.63, 3.8) is 0 Å². The second-order valence-electron chi connectivity index (χ2n) is 22.2. The second kappa shape index (κ2) is 62.6. The number of allylic oxidation sites excluding steroid dienone is 7. The molecule has 3 N–H and O–H groups in total. The van der Waals surface area contributed by atoms with Crippen molar-refractivity contribution in [1.29, 1.82) is 0 Å². The van der Waals surface area contributed by atoms with Gasteiger partial charge in [-0.25, -0.2) is 0 Å². The Kier molecular flexibility index (Phi) is 61.2. The Labute approximate surface area is 445 Å². The third kappa shape index (κ3) is 59.1. The Morgan fingerprint density at radius 1 is 0.324 bits per heavy atom. The normalized spacial score (nSPS) is 13.0.